The Balaban J connectivity index is 2.00. The average molecular weight is 278 g/mol. The van der Waals surface area contributed by atoms with Crippen LogP contribution in [0.5, 0.6) is 0 Å². The summed E-state index contributed by atoms with van der Waals surface area (Å²) in [6.07, 6.45) is 0.819. The normalized spacial score (nSPS) is 15.7. The first-order valence-electron chi connectivity index (χ1n) is 6.46. The summed E-state index contributed by atoms with van der Waals surface area (Å²) in [5.74, 6) is -0.364. The van der Waals surface area contributed by atoms with Crippen LogP contribution in [0.4, 0.5) is 0 Å². The lowest BCUT2D eigenvalue weighted by Gasteiger charge is -2.34. The Hall–Kier alpha value is -1.92. The molecule has 108 valence electrons. The molecule has 0 spiro atoms. The van der Waals surface area contributed by atoms with E-state index in [1.807, 2.05) is 17.1 Å². The minimum absolute atomic E-state index is 0.364. The van der Waals surface area contributed by atoms with E-state index in [0.29, 0.717) is 38.4 Å². The van der Waals surface area contributed by atoms with Crippen molar-refractivity contribution in [3.8, 4) is 0 Å². The second-order valence-corrected chi connectivity index (χ2v) is 4.46. The van der Waals surface area contributed by atoms with Gasteiger partial charge < -0.3 is 9.47 Å². The van der Waals surface area contributed by atoms with Crippen LogP contribution in [0.2, 0.25) is 0 Å². The highest BCUT2D eigenvalue weighted by Gasteiger charge is 2.17. The molecule has 0 atom stereocenters. The molecule has 1 aliphatic rings. The lowest BCUT2D eigenvalue weighted by atomic mass is 10.1. The van der Waals surface area contributed by atoms with Crippen molar-refractivity contribution in [2.45, 2.75) is 6.54 Å². The van der Waals surface area contributed by atoms with Gasteiger partial charge in [0.15, 0.2) is 0 Å². The molecule has 0 aliphatic carbocycles. The van der Waals surface area contributed by atoms with E-state index in [1.165, 1.54) is 7.11 Å². The Bertz CT molecular complexity index is 455. The molecule has 0 N–H and O–H groups in total. The summed E-state index contributed by atoms with van der Waals surface area (Å²) in [6.45, 7) is 3.15. The van der Waals surface area contributed by atoms with E-state index >= 15 is 0 Å². The van der Waals surface area contributed by atoms with Gasteiger partial charge in [-0.05, 0) is 17.7 Å². The van der Waals surface area contributed by atoms with Gasteiger partial charge in [-0.25, -0.2) is 9.80 Å². The SMILES string of the molecule is COC(=O)c1ccc(CN(C=O)N2CCOCC2)cc1. The first-order valence-corrected chi connectivity index (χ1v) is 6.46. The minimum atomic E-state index is -0.364. The number of hydrogen-bond acceptors (Lipinski definition) is 5. The zero-order chi connectivity index (χ0) is 14.4. The Morgan fingerprint density at radius 2 is 2.00 bits per heavy atom. The molecule has 6 heteroatoms. The number of morpholine rings is 1. The highest BCUT2D eigenvalue weighted by Crippen LogP contribution is 2.10. The van der Waals surface area contributed by atoms with Crippen LogP contribution in [0.25, 0.3) is 0 Å². The number of carbonyl (C=O) groups is 2. The summed E-state index contributed by atoms with van der Waals surface area (Å²) >= 11 is 0. The number of hydrazine groups is 1. The number of methoxy groups -OCH3 is 1. The molecule has 1 aromatic rings. The second kappa shape index (κ2) is 7.02. The number of carbonyl (C=O) groups excluding carboxylic acids is 2. The largest absolute Gasteiger partial charge is 0.465 e. The predicted octanol–water partition coefficient (Wildman–Crippen LogP) is 0.679. The van der Waals surface area contributed by atoms with E-state index in [-0.39, 0.29) is 5.97 Å². The van der Waals surface area contributed by atoms with Crippen molar-refractivity contribution >= 4 is 12.4 Å². The van der Waals surface area contributed by atoms with E-state index in [0.717, 1.165) is 12.0 Å². The third-order valence-corrected chi connectivity index (χ3v) is 3.19. The number of nitrogens with zero attached hydrogens (tertiary/aromatic N) is 2. The van der Waals surface area contributed by atoms with Crippen LogP contribution in [0.15, 0.2) is 24.3 Å². The Kier molecular flexibility index (Phi) is 5.09. The molecular formula is C14H18N2O4. The van der Waals surface area contributed by atoms with Crippen LogP contribution in [0.1, 0.15) is 15.9 Å². The molecule has 1 aliphatic heterocycles. The first-order chi connectivity index (χ1) is 9.74. The van der Waals surface area contributed by atoms with Crippen molar-refractivity contribution in [1.82, 2.24) is 10.0 Å². The molecule has 2 rings (SSSR count). The van der Waals surface area contributed by atoms with Crippen molar-refractivity contribution < 1.29 is 19.1 Å². The molecular weight excluding hydrogens is 260 g/mol. The molecule has 1 heterocycles. The molecule has 0 aromatic heterocycles. The van der Waals surface area contributed by atoms with Gasteiger partial charge in [0.05, 0.1) is 32.4 Å². The molecule has 1 fully saturated rings. The van der Waals surface area contributed by atoms with Crippen molar-refractivity contribution in [3.63, 3.8) is 0 Å². The Morgan fingerprint density at radius 3 is 2.55 bits per heavy atom. The van der Waals surface area contributed by atoms with Crippen LogP contribution in [-0.4, -0.2) is 55.8 Å². The zero-order valence-electron chi connectivity index (χ0n) is 11.4. The van der Waals surface area contributed by atoms with Crippen LogP contribution in [-0.2, 0) is 20.8 Å². The number of esters is 1. The number of ether oxygens (including phenoxy) is 2. The summed E-state index contributed by atoms with van der Waals surface area (Å²) in [7, 11) is 1.35. The van der Waals surface area contributed by atoms with Crippen LogP contribution in [0, 0.1) is 0 Å². The highest BCUT2D eigenvalue weighted by molar-refractivity contribution is 5.89. The summed E-state index contributed by atoms with van der Waals surface area (Å²) in [5.41, 5.74) is 1.46. The van der Waals surface area contributed by atoms with E-state index < -0.39 is 0 Å². The van der Waals surface area contributed by atoms with Crippen molar-refractivity contribution in [2.75, 3.05) is 33.4 Å². The number of rotatable bonds is 5. The lowest BCUT2D eigenvalue weighted by molar-refractivity contribution is -0.144. The monoisotopic (exact) mass is 278 g/mol. The van der Waals surface area contributed by atoms with E-state index in [2.05, 4.69) is 4.74 Å². The lowest BCUT2D eigenvalue weighted by Crippen LogP contribution is -2.47. The van der Waals surface area contributed by atoms with Gasteiger partial charge in [-0.15, -0.1) is 0 Å². The maximum atomic E-state index is 11.3. The third-order valence-electron chi connectivity index (χ3n) is 3.19. The summed E-state index contributed by atoms with van der Waals surface area (Å²) < 4.78 is 9.91. The smallest absolute Gasteiger partial charge is 0.337 e. The number of amides is 1. The number of benzene rings is 1. The molecule has 1 amide bonds. The minimum Gasteiger partial charge on any atom is -0.465 e. The molecule has 0 bridgehead atoms. The fourth-order valence-corrected chi connectivity index (χ4v) is 2.07. The third kappa shape index (κ3) is 3.55. The maximum Gasteiger partial charge on any atom is 0.337 e. The molecule has 0 unspecified atom stereocenters. The van der Waals surface area contributed by atoms with Gasteiger partial charge in [-0.1, -0.05) is 12.1 Å². The molecule has 0 saturated carbocycles. The zero-order valence-corrected chi connectivity index (χ0v) is 11.4. The standard InChI is InChI=1S/C14H18N2O4/c1-19-14(18)13-4-2-12(3-5-13)10-16(11-17)15-6-8-20-9-7-15/h2-5,11H,6-10H2,1H3. The Morgan fingerprint density at radius 1 is 1.35 bits per heavy atom. The van der Waals surface area contributed by atoms with E-state index in [9.17, 15) is 9.59 Å². The van der Waals surface area contributed by atoms with Gasteiger partial charge in [-0.2, -0.15) is 0 Å². The number of hydrogen-bond donors (Lipinski definition) is 0. The van der Waals surface area contributed by atoms with Crippen LogP contribution in [0.3, 0.4) is 0 Å². The molecule has 0 radical (unpaired) electrons. The highest BCUT2D eigenvalue weighted by atomic mass is 16.5. The van der Waals surface area contributed by atoms with Gasteiger partial charge in [0.2, 0.25) is 6.41 Å². The fourth-order valence-electron chi connectivity index (χ4n) is 2.07. The van der Waals surface area contributed by atoms with Crippen molar-refractivity contribution in [3.05, 3.63) is 35.4 Å². The van der Waals surface area contributed by atoms with Gasteiger partial charge in [-0.3, -0.25) is 9.80 Å². The first kappa shape index (κ1) is 14.5. The van der Waals surface area contributed by atoms with E-state index in [1.54, 1.807) is 17.1 Å². The Labute approximate surface area is 117 Å². The fraction of sp³-hybridized carbons (Fsp3) is 0.429. The van der Waals surface area contributed by atoms with Crippen molar-refractivity contribution in [2.24, 2.45) is 0 Å². The second-order valence-electron chi connectivity index (χ2n) is 4.46. The molecule has 20 heavy (non-hydrogen) atoms. The quantitative estimate of drug-likeness (QED) is 0.585. The van der Waals surface area contributed by atoms with Crippen LogP contribution < -0.4 is 0 Å². The summed E-state index contributed by atoms with van der Waals surface area (Å²) in [6, 6.07) is 7.04. The van der Waals surface area contributed by atoms with Gasteiger partial charge in [0, 0.05) is 13.1 Å². The van der Waals surface area contributed by atoms with Gasteiger partial charge in [0.25, 0.3) is 0 Å². The van der Waals surface area contributed by atoms with Crippen LogP contribution >= 0.6 is 0 Å². The van der Waals surface area contributed by atoms with Gasteiger partial charge >= 0.3 is 5.97 Å². The van der Waals surface area contributed by atoms with Crippen molar-refractivity contribution in [1.29, 1.82) is 0 Å². The molecule has 1 saturated heterocycles. The maximum absolute atomic E-state index is 11.3. The summed E-state index contributed by atoms with van der Waals surface area (Å²) in [4.78, 5) is 22.5. The molecule has 6 nitrogen and oxygen atoms in total. The molecule has 1 aromatic carbocycles. The predicted molar refractivity (Wildman–Crippen MR) is 71.8 cm³/mol. The average Bonchev–Trinajstić information content (AvgIpc) is 2.53. The van der Waals surface area contributed by atoms with E-state index in [4.69, 9.17) is 4.74 Å². The summed E-state index contributed by atoms with van der Waals surface area (Å²) in [5, 5.41) is 3.60. The topological polar surface area (TPSA) is 59.1 Å². The van der Waals surface area contributed by atoms with Gasteiger partial charge in [0.1, 0.15) is 0 Å².